The minimum absolute atomic E-state index is 0.102. The fourth-order valence-corrected chi connectivity index (χ4v) is 2.80. The Kier molecular flexibility index (Phi) is 5.71. The summed E-state index contributed by atoms with van der Waals surface area (Å²) < 4.78 is 18.8. The van der Waals surface area contributed by atoms with E-state index in [9.17, 15) is 19.4 Å². The first kappa shape index (κ1) is 15.6. The average molecular weight is 386 g/mol. The molecule has 0 saturated carbocycles. The standard InChI is InChI=1S/C11H11Br2FO4/c1-18-9(16)4-8(15)11(17)10-6(13)2-5(12)3-7(10)14/h2-3,8,11,15,17H,4H2,1H3. The Morgan fingerprint density at radius 2 is 2.06 bits per heavy atom. The summed E-state index contributed by atoms with van der Waals surface area (Å²) in [6.45, 7) is 0. The molecule has 7 heteroatoms. The van der Waals surface area contributed by atoms with E-state index in [0.717, 1.165) is 13.2 Å². The first-order valence-corrected chi connectivity index (χ1v) is 6.52. The normalized spacial score (nSPS) is 14.1. The third kappa shape index (κ3) is 3.74. The lowest BCUT2D eigenvalue weighted by atomic mass is 10.0. The summed E-state index contributed by atoms with van der Waals surface area (Å²) in [5.74, 6) is -1.37. The molecule has 0 bridgehead atoms. The van der Waals surface area contributed by atoms with Crippen LogP contribution in [0.1, 0.15) is 18.1 Å². The minimum atomic E-state index is -1.52. The monoisotopic (exact) mass is 384 g/mol. The van der Waals surface area contributed by atoms with Gasteiger partial charge >= 0.3 is 5.97 Å². The van der Waals surface area contributed by atoms with E-state index < -0.39 is 30.4 Å². The summed E-state index contributed by atoms with van der Waals surface area (Å²) in [6, 6.07) is 2.70. The molecule has 0 aromatic heterocycles. The summed E-state index contributed by atoms with van der Waals surface area (Å²) >= 11 is 6.19. The molecule has 18 heavy (non-hydrogen) atoms. The van der Waals surface area contributed by atoms with Crippen molar-refractivity contribution in [3.63, 3.8) is 0 Å². The topological polar surface area (TPSA) is 66.8 Å². The third-order valence-corrected chi connectivity index (χ3v) is 3.42. The van der Waals surface area contributed by atoms with E-state index in [0.29, 0.717) is 8.95 Å². The van der Waals surface area contributed by atoms with Crippen LogP contribution < -0.4 is 0 Å². The number of hydrogen-bond donors (Lipinski definition) is 2. The van der Waals surface area contributed by atoms with Gasteiger partial charge in [-0.25, -0.2) is 4.39 Å². The largest absolute Gasteiger partial charge is 0.469 e. The Balaban J connectivity index is 2.96. The second-order valence-corrected chi connectivity index (χ2v) is 5.35. The molecule has 2 N–H and O–H groups in total. The maximum Gasteiger partial charge on any atom is 0.308 e. The van der Waals surface area contributed by atoms with E-state index in [4.69, 9.17) is 0 Å². The number of rotatable bonds is 4. The van der Waals surface area contributed by atoms with Crippen molar-refractivity contribution in [2.45, 2.75) is 18.6 Å². The van der Waals surface area contributed by atoms with Crippen molar-refractivity contribution >= 4 is 37.8 Å². The number of esters is 1. The summed E-state index contributed by atoms with van der Waals surface area (Å²) in [7, 11) is 1.16. The number of halogens is 3. The van der Waals surface area contributed by atoms with Gasteiger partial charge in [0.1, 0.15) is 11.9 Å². The molecular formula is C11H11Br2FO4. The Labute approximate surface area is 120 Å². The molecule has 1 rings (SSSR count). The molecule has 100 valence electrons. The number of aliphatic hydroxyl groups is 2. The number of methoxy groups -OCH3 is 1. The highest BCUT2D eigenvalue weighted by Crippen LogP contribution is 2.32. The molecule has 0 aliphatic carbocycles. The maximum absolute atomic E-state index is 13.7. The molecule has 0 radical (unpaired) electrons. The smallest absolute Gasteiger partial charge is 0.308 e. The van der Waals surface area contributed by atoms with Crippen LogP contribution in [-0.4, -0.2) is 29.4 Å². The predicted molar refractivity (Wildman–Crippen MR) is 69.4 cm³/mol. The zero-order chi connectivity index (χ0) is 13.9. The summed E-state index contributed by atoms with van der Waals surface area (Å²) in [6.07, 6.45) is -3.38. The van der Waals surface area contributed by atoms with E-state index in [1.54, 1.807) is 0 Å². The Hall–Kier alpha value is -0.500. The average Bonchev–Trinajstić information content (AvgIpc) is 2.27. The van der Waals surface area contributed by atoms with E-state index in [-0.39, 0.29) is 5.56 Å². The van der Waals surface area contributed by atoms with Crippen molar-refractivity contribution in [1.29, 1.82) is 0 Å². The van der Waals surface area contributed by atoms with E-state index >= 15 is 0 Å². The highest BCUT2D eigenvalue weighted by atomic mass is 79.9. The molecule has 2 atom stereocenters. The molecule has 4 nitrogen and oxygen atoms in total. The van der Waals surface area contributed by atoms with Gasteiger partial charge < -0.3 is 14.9 Å². The Morgan fingerprint density at radius 3 is 2.56 bits per heavy atom. The SMILES string of the molecule is COC(=O)CC(O)C(O)c1c(F)cc(Br)cc1Br. The van der Waals surface area contributed by atoms with Gasteiger partial charge in [0, 0.05) is 14.5 Å². The van der Waals surface area contributed by atoms with Gasteiger partial charge in [-0.1, -0.05) is 31.9 Å². The maximum atomic E-state index is 13.7. The predicted octanol–water partition coefficient (Wildman–Crippen LogP) is 2.31. The van der Waals surface area contributed by atoms with Crippen LogP contribution in [0.4, 0.5) is 4.39 Å². The van der Waals surface area contributed by atoms with Crippen molar-refractivity contribution in [3.8, 4) is 0 Å². The lowest BCUT2D eigenvalue weighted by Gasteiger charge is -2.19. The van der Waals surface area contributed by atoms with Crippen molar-refractivity contribution in [3.05, 3.63) is 32.5 Å². The molecule has 0 saturated heterocycles. The van der Waals surface area contributed by atoms with Gasteiger partial charge in [0.15, 0.2) is 0 Å². The summed E-state index contributed by atoms with van der Waals surface area (Å²) in [4.78, 5) is 11.0. The lowest BCUT2D eigenvalue weighted by molar-refractivity contribution is -0.144. The van der Waals surface area contributed by atoms with Crippen LogP contribution in [0.3, 0.4) is 0 Å². The zero-order valence-corrected chi connectivity index (χ0v) is 12.5. The molecule has 2 unspecified atom stereocenters. The number of aliphatic hydroxyl groups excluding tert-OH is 2. The number of carbonyl (C=O) groups excluding carboxylic acids is 1. The summed E-state index contributed by atoms with van der Waals surface area (Å²) in [5, 5.41) is 19.5. The molecule has 1 aromatic carbocycles. The fourth-order valence-electron chi connectivity index (χ4n) is 1.39. The van der Waals surface area contributed by atoms with Crippen LogP contribution in [0.25, 0.3) is 0 Å². The first-order chi connectivity index (χ1) is 8.36. The van der Waals surface area contributed by atoms with Crippen molar-refractivity contribution in [2.75, 3.05) is 7.11 Å². The molecule has 0 aliphatic rings. The number of carbonyl (C=O) groups is 1. The van der Waals surface area contributed by atoms with E-state index in [1.165, 1.54) is 6.07 Å². The van der Waals surface area contributed by atoms with Crippen LogP contribution in [-0.2, 0) is 9.53 Å². The Bertz CT molecular complexity index is 430. The van der Waals surface area contributed by atoms with Gasteiger partial charge in [-0.15, -0.1) is 0 Å². The first-order valence-electron chi connectivity index (χ1n) is 4.94. The third-order valence-electron chi connectivity index (χ3n) is 2.31. The van der Waals surface area contributed by atoms with Crippen molar-refractivity contribution in [1.82, 2.24) is 0 Å². The minimum Gasteiger partial charge on any atom is -0.469 e. The van der Waals surface area contributed by atoms with Crippen LogP contribution in [0, 0.1) is 5.82 Å². The molecule has 0 heterocycles. The molecule has 0 amide bonds. The summed E-state index contributed by atoms with van der Waals surface area (Å²) in [5.41, 5.74) is -0.102. The van der Waals surface area contributed by atoms with Crippen molar-refractivity contribution < 1.29 is 24.1 Å². The lowest BCUT2D eigenvalue weighted by Crippen LogP contribution is -2.23. The van der Waals surface area contributed by atoms with Gasteiger partial charge in [0.05, 0.1) is 19.6 Å². The number of ether oxygens (including phenoxy) is 1. The van der Waals surface area contributed by atoms with Gasteiger partial charge in [-0.3, -0.25) is 4.79 Å². The molecule has 0 spiro atoms. The van der Waals surface area contributed by atoms with Crippen LogP contribution in [0.5, 0.6) is 0 Å². The number of benzene rings is 1. The van der Waals surface area contributed by atoms with Crippen LogP contribution in [0.15, 0.2) is 21.1 Å². The highest BCUT2D eigenvalue weighted by Gasteiger charge is 2.26. The molecule has 1 aromatic rings. The zero-order valence-electron chi connectivity index (χ0n) is 9.36. The van der Waals surface area contributed by atoms with Crippen LogP contribution in [0.2, 0.25) is 0 Å². The second kappa shape index (κ2) is 6.60. The molecule has 0 fully saturated rings. The van der Waals surface area contributed by atoms with E-state index in [2.05, 4.69) is 36.6 Å². The van der Waals surface area contributed by atoms with Crippen molar-refractivity contribution in [2.24, 2.45) is 0 Å². The van der Waals surface area contributed by atoms with Gasteiger partial charge in [-0.05, 0) is 12.1 Å². The van der Waals surface area contributed by atoms with E-state index in [1.807, 2.05) is 0 Å². The van der Waals surface area contributed by atoms with Gasteiger partial charge in [0.25, 0.3) is 0 Å². The van der Waals surface area contributed by atoms with Gasteiger partial charge in [0.2, 0.25) is 0 Å². The second-order valence-electron chi connectivity index (χ2n) is 3.58. The number of hydrogen-bond acceptors (Lipinski definition) is 4. The highest BCUT2D eigenvalue weighted by molar-refractivity contribution is 9.11. The quantitative estimate of drug-likeness (QED) is 0.780. The molecular weight excluding hydrogens is 375 g/mol. The molecule has 0 aliphatic heterocycles. The fraction of sp³-hybridized carbons (Fsp3) is 0.364. The Morgan fingerprint density at radius 1 is 1.44 bits per heavy atom. The van der Waals surface area contributed by atoms with Crippen LogP contribution >= 0.6 is 31.9 Å². The van der Waals surface area contributed by atoms with Gasteiger partial charge in [-0.2, -0.15) is 0 Å².